The second-order valence-electron chi connectivity index (χ2n) is 4.29. The molecule has 0 aliphatic rings. The molecule has 0 spiro atoms. The number of fused-ring (bicyclic) bond motifs is 1. The Balaban J connectivity index is 1.83. The van der Waals surface area contributed by atoms with E-state index in [1.54, 1.807) is 11.8 Å². The molecule has 0 radical (unpaired) electrons. The van der Waals surface area contributed by atoms with E-state index in [4.69, 9.17) is 0 Å². The zero-order valence-electron chi connectivity index (χ0n) is 11.1. The Morgan fingerprint density at radius 2 is 2.00 bits per heavy atom. The normalized spacial score (nSPS) is 10.8. The highest BCUT2D eigenvalue weighted by Crippen LogP contribution is 2.31. The molecule has 0 fully saturated rings. The number of thiazole rings is 1. The van der Waals surface area contributed by atoms with Crippen molar-refractivity contribution in [2.45, 2.75) is 4.90 Å². The van der Waals surface area contributed by atoms with Gasteiger partial charge in [-0.1, -0.05) is 17.4 Å². The van der Waals surface area contributed by atoms with Crippen LogP contribution in [0.5, 0.6) is 0 Å². The third kappa shape index (κ3) is 3.12. The Kier molecular flexibility index (Phi) is 4.28. The largest absolute Gasteiger partial charge is 0.298 e. The minimum absolute atomic E-state index is 0.141. The quantitative estimate of drug-likeness (QED) is 0.649. The van der Waals surface area contributed by atoms with Crippen molar-refractivity contribution >= 4 is 60.3 Å². The molecule has 6 heteroatoms. The van der Waals surface area contributed by atoms with Crippen LogP contribution >= 0.6 is 39.0 Å². The summed E-state index contributed by atoms with van der Waals surface area (Å²) in [4.78, 5) is 17.8. The zero-order chi connectivity index (χ0) is 14.8. The van der Waals surface area contributed by atoms with E-state index in [0.29, 0.717) is 10.7 Å². The van der Waals surface area contributed by atoms with Gasteiger partial charge in [-0.2, -0.15) is 0 Å². The molecular formula is C15H11BrN2OS2. The van der Waals surface area contributed by atoms with Gasteiger partial charge in [-0.25, -0.2) is 4.98 Å². The van der Waals surface area contributed by atoms with E-state index in [2.05, 4.69) is 26.2 Å². The molecule has 2 aromatic carbocycles. The molecule has 0 aliphatic heterocycles. The zero-order valence-corrected chi connectivity index (χ0v) is 14.3. The number of rotatable bonds is 3. The monoisotopic (exact) mass is 378 g/mol. The first kappa shape index (κ1) is 14.6. The number of thioether (sulfide) groups is 1. The minimum atomic E-state index is -0.141. The first-order valence-corrected chi connectivity index (χ1v) is 9.01. The summed E-state index contributed by atoms with van der Waals surface area (Å²) < 4.78 is 1.97. The van der Waals surface area contributed by atoms with Crippen LogP contribution in [-0.2, 0) is 0 Å². The number of hydrogen-bond donors (Lipinski definition) is 1. The van der Waals surface area contributed by atoms with E-state index in [-0.39, 0.29) is 5.91 Å². The van der Waals surface area contributed by atoms with Crippen LogP contribution in [0.15, 0.2) is 51.8 Å². The van der Waals surface area contributed by atoms with Gasteiger partial charge in [-0.3, -0.25) is 10.1 Å². The molecule has 0 saturated heterocycles. The smallest absolute Gasteiger partial charge is 0.257 e. The summed E-state index contributed by atoms with van der Waals surface area (Å²) in [6, 6.07) is 13.4. The van der Waals surface area contributed by atoms with Crippen molar-refractivity contribution in [1.82, 2.24) is 4.98 Å². The molecule has 3 aromatic rings. The van der Waals surface area contributed by atoms with Crippen molar-refractivity contribution in [2.75, 3.05) is 11.6 Å². The number of para-hydroxylation sites is 1. The third-order valence-electron chi connectivity index (χ3n) is 2.94. The Bertz CT molecular complexity index is 799. The fourth-order valence-corrected chi connectivity index (χ4v) is 3.76. The number of anilines is 1. The van der Waals surface area contributed by atoms with E-state index >= 15 is 0 Å². The molecular weight excluding hydrogens is 368 g/mol. The van der Waals surface area contributed by atoms with Gasteiger partial charge in [0.2, 0.25) is 0 Å². The molecule has 0 unspecified atom stereocenters. The van der Waals surface area contributed by atoms with Gasteiger partial charge in [0.05, 0.1) is 10.2 Å². The van der Waals surface area contributed by atoms with Crippen LogP contribution in [-0.4, -0.2) is 17.1 Å². The maximum atomic E-state index is 12.2. The van der Waals surface area contributed by atoms with E-state index < -0.39 is 0 Å². The first-order valence-electron chi connectivity index (χ1n) is 6.18. The topological polar surface area (TPSA) is 42.0 Å². The molecule has 0 atom stereocenters. The van der Waals surface area contributed by atoms with Crippen molar-refractivity contribution in [3.63, 3.8) is 0 Å². The number of halogens is 1. The molecule has 106 valence electrons. The van der Waals surface area contributed by atoms with Crippen LogP contribution in [0.4, 0.5) is 5.13 Å². The van der Waals surface area contributed by atoms with Crippen molar-refractivity contribution in [3.8, 4) is 0 Å². The fourth-order valence-electron chi connectivity index (χ4n) is 1.88. The number of hydrogen-bond acceptors (Lipinski definition) is 4. The van der Waals surface area contributed by atoms with Crippen LogP contribution in [0.25, 0.3) is 10.2 Å². The average molecular weight is 379 g/mol. The van der Waals surface area contributed by atoms with E-state index in [0.717, 1.165) is 19.6 Å². The summed E-state index contributed by atoms with van der Waals surface area (Å²) >= 11 is 6.58. The summed E-state index contributed by atoms with van der Waals surface area (Å²) in [7, 11) is 0. The number of benzene rings is 2. The fraction of sp³-hybridized carbons (Fsp3) is 0.0667. The molecule has 3 nitrogen and oxygen atoms in total. The Labute approximate surface area is 138 Å². The van der Waals surface area contributed by atoms with Gasteiger partial charge >= 0.3 is 0 Å². The SMILES string of the molecule is CSc1ccc(C(=O)Nc2nc3c(Br)cccc3s2)cc1. The number of aromatic nitrogens is 1. The van der Waals surface area contributed by atoms with Gasteiger partial charge in [0.15, 0.2) is 5.13 Å². The Morgan fingerprint density at radius 3 is 2.67 bits per heavy atom. The van der Waals surface area contributed by atoms with Crippen molar-refractivity contribution in [1.29, 1.82) is 0 Å². The van der Waals surface area contributed by atoms with Crippen molar-refractivity contribution in [3.05, 3.63) is 52.5 Å². The summed E-state index contributed by atoms with van der Waals surface area (Å²) in [6.45, 7) is 0. The summed E-state index contributed by atoms with van der Waals surface area (Å²) in [6.07, 6.45) is 2.01. The number of carbonyl (C=O) groups excluding carboxylic acids is 1. The van der Waals surface area contributed by atoms with E-state index in [1.165, 1.54) is 11.3 Å². The predicted octanol–water partition coefficient (Wildman–Crippen LogP) is 5.03. The van der Waals surface area contributed by atoms with Crippen LogP contribution in [0.2, 0.25) is 0 Å². The number of nitrogens with one attached hydrogen (secondary N) is 1. The molecule has 1 amide bonds. The second kappa shape index (κ2) is 6.17. The Hall–Kier alpha value is -1.37. The Morgan fingerprint density at radius 1 is 1.24 bits per heavy atom. The predicted molar refractivity (Wildman–Crippen MR) is 93.5 cm³/mol. The van der Waals surface area contributed by atoms with Crippen molar-refractivity contribution < 1.29 is 4.79 Å². The van der Waals surface area contributed by atoms with Gasteiger partial charge in [0.25, 0.3) is 5.91 Å². The lowest BCUT2D eigenvalue weighted by Gasteiger charge is -2.02. The molecule has 3 rings (SSSR count). The van der Waals surface area contributed by atoms with Crippen LogP contribution in [0, 0.1) is 0 Å². The lowest BCUT2D eigenvalue weighted by Crippen LogP contribution is -2.11. The van der Waals surface area contributed by atoms with Gasteiger partial charge in [-0.15, -0.1) is 11.8 Å². The van der Waals surface area contributed by atoms with E-state index in [1.807, 2.05) is 48.7 Å². The second-order valence-corrected chi connectivity index (χ2v) is 7.05. The molecule has 0 aliphatic carbocycles. The molecule has 0 bridgehead atoms. The standard InChI is InChI=1S/C15H11BrN2OS2/c1-20-10-7-5-9(6-8-10)14(19)18-15-17-13-11(16)3-2-4-12(13)21-15/h2-8H,1H3,(H,17,18,19). The highest BCUT2D eigenvalue weighted by molar-refractivity contribution is 9.10. The summed E-state index contributed by atoms with van der Waals surface area (Å²) in [5.74, 6) is -0.141. The molecule has 1 N–H and O–H groups in total. The number of nitrogens with zero attached hydrogens (tertiary/aromatic N) is 1. The van der Waals surface area contributed by atoms with Crippen molar-refractivity contribution in [2.24, 2.45) is 0 Å². The average Bonchev–Trinajstić information content (AvgIpc) is 2.91. The summed E-state index contributed by atoms with van der Waals surface area (Å²) in [5.41, 5.74) is 1.50. The van der Waals surface area contributed by atoms with Crippen LogP contribution in [0.3, 0.4) is 0 Å². The van der Waals surface area contributed by atoms with Gasteiger partial charge in [0.1, 0.15) is 0 Å². The van der Waals surface area contributed by atoms with Gasteiger partial charge in [-0.05, 0) is 58.6 Å². The molecule has 1 aromatic heterocycles. The van der Waals surface area contributed by atoms with Crippen LogP contribution in [0.1, 0.15) is 10.4 Å². The highest BCUT2D eigenvalue weighted by Gasteiger charge is 2.11. The van der Waals surface area contributed by atoms with E-state index in [9.17, 15) is 4.79 Å². The lowest BCUT2D eigenvalue weighted by molar-refractivity contribution is 0.102. The molecule has 0 saturated carbocycles. The van der Waals surface area contributed by atoms with Gasteiger partial charge in [0, 0.05) is 14.9 Å². The highest BCUT2D eigenvalue weighted by atomic mass is 79.9. The third-order valence-corrected chi connectivity index (χ3v) is 5.26. The first-order chi connectivity index (χ1) is 10.2. The maximum Gasteiger partial charge on any atom is 0.257 e. The van der Waals surface area contributed by atoms with Crippen LogP contribution < -0.4 is 5.32 Å². The lowest BCUT2D eigenvalue weighted by atomic mass is 10.2. The summed E-state index contributed by atoms with van der Waals surface area (Å²) in [5, 5.41) is 3.46. The maximum absolute atomic E-state index is 12.2. The van der Waals surface area contributed by atoms with Gasteiger partial charge < -0.3 is 0 Å². The minimum Gasteiger partial charge on any atom is -0.298 e. The molecule has 21 heavy (non-hydrogen) atoms. The molecule has 1 heterocycles. The number of carbonyl (C=O) groups is 1. The number of amides is 1.